The van der Waals surface area contributed by atoms with Gasteiger partial charge in [-0.05, 0) is 26.2 Å². The van der Waals surface area contributed by atoms with Gasteiger partial charge in [-0.25, -0.2) is 0 Å². The maximum Gasteiger partial charge on any atom is 0.132 e. The van der Waals surface area contributed by atoms with E-state index in [0.717, 1.165) is 25.0 Å². The average Bonchev–Trinajstić information content (AvgIpc) is 2.03. The van der Waals surface area contributed by atoms with Gasteiger partial charge < -0.3 is 4.55 Å². The summed E-state index contributed by atoms with van der Waals surface area (Å²) in [6, 6.07) is 0. The lowest BCUT2D eigenvalue weighted by Crippen LogP contribution is -2.03. The Kier molecular flexibility index (Phi) is 7.61. The predicted molar refractivity (Wildman–Crippen MR) is 52.4 cm³/mol. The van der Waals surface area contributed by atoms with Crippen LogP contribution >= 0.6 is 0 Å². The fraction of sp³-hybridized carbons (Fsp3) is 0.778. The summed E-state index contributed by atoms with van der Waals surface area (Å²) in [7, 11) is 0. The summed E-state index contributed by atoms with van der Waals surface area (Å²) in [6.07, 6.45) is 5.64. The van der Waals surface area contributed by atoms with E-state index < -0.39 is 11.2 Å². The molecule has 3 heteroatoms. The highest BCUT2D eigenvalue weighted by Crippen LogP contribution is 2.03. The predicted octanol–water partition coefficient (Wildman–Crippen LogP) is 1.72. The molecule has 0 fully saturated rings. The largest absolute Gasteiger partial charge is 0.617 e. The fourth-order valence-corrected chi connectivity index (χ4v) is 1.54. The van der Waals surface area contributed by atoms with Crippen LogP contribution < -0.4 is 0 Å². The molecule has 71 valence electrons. The summed E-state index contributed by atoms with van der Waals surface area (Å²) in [5.74, 6) is 0.992. The first-order valence-corrected chi connectivity index (χ1v) is 6.00. The molecule has 0 amide bonds. The van der Waals surface area contributed by atoms with Crippen molar-refractivity contribution in [2.45, 2.75) is 32.1 Å². The van der Waals surface area contributed by atoms with E-state index in [2.05, 4.69) is 6.92 Å². The molecular formula is C9H17O2S. The van der Waals surface area contributed by atoms with E-state index in [1.165, 1.54) is 0 Å². The van der Waals surface area contributed by atoms with Crippen LogP contribution in [0.25, 0.3) is 0 Å². The molecule has 0 rings (SSSR count). The van der Waals surface area contributed by atoms with Crippen molar-refractivity contribution in [3.63, 3.8) is 0 Å². The molecule has 0 spiro atoms. The van der Waals surface area contributed by atoms with Gasteiger partial charge in [0.15, 0.2) is 0 Å². The van der Waals surface area contributed by atoms with E-state index in [9.17, 15) is 9.35 Å². The van der Waals surface area contributed by atoms with Crippen LogP contribution in [0.15, 0.2) is 0 Å². The molecule has 0 aromatic heterocycles. The first kappa shape index (κ1) is 12.0. The maximum atomic E-state index is 10.8. The Morgan fingerprint density at radius 3 is 2.58 bits per heavy atom. The van der Waals surface area contributed by atoms with Crippen molar-refractivity contribution >= 4 is 17.0 Å². The Morgan fingerprint density at radius 2 is 2.08 bits per heavy atom. The number of unbranched alkanes of at least 4 members (excludes halogenated alkanes) is 2. The summed E-state index contributed by atoms with van der Waals surface area (Å²) in [5.41, 5.74) is 0. The van der Waals surface area contributed by atoms with Crippen LogP contribution in [0.4, 0.5) is 0 Å². The normalized spacial score (nSPS) is 12.9. The second kappa shape index (κ2) is 7.62. The van der Waals surface area contributed by atoms with Gasteiger partial charge in [-0.3, -0.25) is 4.79 Å². The van der Waals surface area contributed by atoms with Crippen molar-refractivity contribution < 1.29 is 9.35 Å². The molecule has 0 N–H and O–H groups in total. The highest BCUT2D eigenvalue weighted by Gasteiger charge is 1.99. The third-order valence-corrected chi connectivity index (χ3v) is 2.53. The van der Waals surface area contributed by atoms with Crippen LogP contribution in [0.2, 0.25) is 0 Å². The Bertz CT molecular complexity index is 124. The topological polar surface area (TPSA) is 40.1 Å². The van der Waals surface area contributed by atoms with Crippen LogP contribution in [0.1, 0.15) is 32.1 Å². The Labute approximate surface area is 77.9 Å². The Balaban J connectivity index is 3.05. The van der Waals surface area contributed by atoms with Gasteiger partial charge in [0.05, 0.1) is 6.26 Å². The minimum Gasteiger partial charge on any atom is -0.617 e. The molecule has 0 heterocycles. The van der Waals surface area contributed by atoms with Gasteiger partial charge in [-0.1, -0.05) is 11.2 Å². The smallest absolute Gasteiger partial charge is 0.132 e. The van der Waals surface area contributed by atoms with Crippen LogP contribution in [-0.4, -0.2) is 22.3 Å². The molecule has 12 heavy (non-hydrogen) atoms. The number of ketones is 1. The van der Waals surface area contributed by atoms with Crippen LogP contribution in [0.3, 0.4) is 0 Å². The molecule has 1 atom stereocenters. The summed E-state index contributed by atoms with van der Waals surface area (Å²) in [6.45, 7) is 3.51. The first-order valence-electron chi connectivity index (χ1n) is 4.27. The minimum absolute atomic E-state index is 0.229. The Hall–Kier alpha value is -0.0200. The van der Waals surface area contributed by atoms with Gasteiger partial charge in [0, 0.05) is 12.8 Å². The van der Waals surface area contributed by atoms with Crippen LogP contribution in [-0.2, 0) is 16.0 Å². The van der Waals surface area contributed by atoms with E-state index in [0.29, 0.717) is 12.8 Å². The summed E-state index contributed by atoms with van der Waals surface area (Å²) < 4.78 is 10.6. The maximum absolute atomic E-state index is 10.8. The van der Waals surface area contributed by atoms with Gasteiger partial charge >= 0.3 is 0 Å². The standard InChI is InChI=1S/C9H17O2S/c1-3-9(10)7-5-4-6-8-12(2)11/h1,3-8H2,2H3. The number of hydrogen-bond acceptors (Lipinski definition) is 2. The van der Waals surface area contributed by atoms with E-state index in [4.69, 9.17) is 0 Å². The third-order valence-electron chi connectivity index (χ3n) is 1.67. The highest BCUT2D eigenvalue weighted by atomic mass is 32.2. The number of carbonyl (C=O) groups excluding carboxylic acids is 1. The molecule has 0 saturated heterocycles. The second-order valence-corrected chi connectivity index (χ2v) is 4.43. The lowest BCUT2D eigenvalue weighted by Gasteiger charge is -2.03. The number of rotatable bonds is 7. The molecule has 0 saturated carbocycles. The van der Waals surface area contributed by atoms with Crippen molar-refractivity contribution in [3.05, 3.63) is 6.92 Å². The quantitative estimate of drug-likeness (QED) is 0.452. The van der Waals surface area contributed by atoms with Gasteiger partial charge in [-0.2, -0.15) is 0 Å². The van der Waals surface area contributed by atoms with E-state index in [1.54, 1.807) is 6.26 Å². The lowest BCUT2D eigenvalue weighted by molar-refractivity contribution is -0.118. The zero-order valence-electron chi connectivity index (χ0n) is 7.67. The van der Waals surface area contributed by atoms with Gasteiger partial charge in [-0.15, -0.1) is 0 Å². The van der Waals surface area contributed by atoms with Gasteiger partial charge in [0.2, 0.25) is 0 Å². The minimum atomic E-state index is -0.679. The van der Waals surface area contributed by atoms with Crippen molar-refractivity contribution in [3.8, 4) is 0 Å². The summed E-state index contributed by atoms with van der Waals surface area (Å²) >= 11 is -0.679. The molecule has 0 aromatic carbocycles. The fourth-order valence-electron chi connectivity index (χ4n) is 0.929. The van der Waals surface area contributed by atoms with E-state index in [1.807, 2.05) is 0 Å². The lowest BCUT2D eigenvalue weighted by atomic mass is 10.1. The number of Topliss-reactive ketones (excluding diaryl/α,β-unsaturated/α-hetero) is 1. The average molecular weight is 189 g/mol. The van der Waals surface area contributed by atoms with Crippen molar-refractivity contribution in [2.75, 3.05) is 12.0 Å². The van der Waals surface area contributed by atoms with E-state index >= 15 is 0 Å². The first-order chi connectivity index (χ1) is 5.66. The molecule has 2 nitrogen and oxygen atoms in total. The zero-order valence-corrected chi connectivity index (χ0v) is 8.49. The summed E-state index contributed by atoms with van der Waals surface area (Å²) in [4.78, 5) is 10.8. The molecular weight excluding hydrogens is 172 g/mol. The molecule has 1 unspecified atom stereocenters. The molecule has 0 aliphatic heterocycles. The highest BCUT2D eigenvalue weighted by molar-refractivity contribution is 7.90. The van der Waals surface area contributed by atoms with Crippen molar-refractivity contribution in [1.82, 2.24) is 0 Å². The number of carbonyl (C=O) groups is 1. The van der Waals surface area contributed by atoms with E-state index in [-0.39, 0.29) is 5.78 Å². The third kappa shape index (κ3) is 8.08. The molecule has 0 bridgehead atoms. The van der Waals surface area contributed by atoms with Gasteiger partial charge in [0.25, 0.3) is 0 Å². The molecule has 1 radical (unpaired) electrons. The zero-order chi connectivity index (χ0) is 9.40. The molecule has 0 aliphatic carbocycles. The summed E-state index contributed by atoms with van der Waals surface area (Å²) in [5, 5.41) is 0. The van der Waals surface area contributed by atoms with Crippen LogP contribution in [0.5, 0.6) is 0 Å². The van der Waals surface area contributed by atoms with Crippen LogP contribution in [0, 0.1) is 6.92 Å². The monoisotopic (exact) mass is 189 g/mol. The molecule has 0 aromatic rings. The second-order valence-electron chi connectivity index (χ2n) is 2.88. The molecule has 0 aliphatic rings. The van der Waals surface area contributed by atoms with Gasteiger partial charge in [0.1, 0.15) is 11.5 Å². The number of hydrogen-bond donors (Lipinski definition) is 0. The van der Waals surface area contributed by atoms with Crippen molar-refractivity contribution in [2.24, 2.45) is 0 Å². The SMILES string of the molecule is [CH2]CC(=O)CCCCC[S+](C)[O-]. The Morgan fingerprint density at radius 1 is 1.42 bits per heavy atom. The van der Waals surface area contributed by atoms with Crippen molar-refractivity contribution in [1.29, 1.82) is 0 Å².